The third-order valence-electron chi connectivity index (χ3n) is 4.74. The molecule has 0 spiro atoms. The molecule has 6 nitrogen and oxygen atoms in total. The van der Waals surface area contributed by atoms with E-state index in [0.29, 0.717) is 18.0 Å². The lowest BCUT2D eigenvalue weighted by molar-refractivity contribution is -0.146. The zero-order valence-electron chi connectivity index (χ0n) is 13.7. The first-order valence-corrected chi connectivity index (χ1v) is 8.41. The Morgan fingerprint density at radius 1 is 1.25 bits per heavy atom. The van der Waals surface area contributed by atoms with Crippen molar-refractivity contribution < 1.29 is 14.3 Å². The second-order valence-electron chi connectivity index (χ2n) is 6.40. The molecule has 3 unspecified atom stereocenters. The summed E-state index contributed by atoms with van der Waals surface area (Å²) in [4.78, 5) is 19.0. The summed E-state index contributed by atoms with van der Waals surface area (Å²) in [7, 11) is 0. The molecule has 1 aromatic heterocycles. The first kappa shape index (κ1) is 15.1. The van der Waals surface area contributed by atoms with Crippen LogP contribution in [0.15, 0.2) is 43.0 Å². The predicted molar refractivity (Wildman–Crippen MR) is 88.0 cm³/mol. The maximum atomic E-state index is 13.0. The molecule has 0 bridgehead atoms. The Balaban J connectivity index is 1.49. The van der Waals surface area contributed by atoms with E-state index in [1.54, 1.807) is 6.20 Å². The van der Waals surface area contributed by atoms with E-state index < -0.39 is 6.10 Å². The van der Waals surface area contributed by atoms with Crippen molar-refractivity contribution in [1.29, 1.82) is 0 Å². The lowest BCUT2D eigenvalue weighted by Crippen LogP contribution is -2.53. The van der Waals surface area contributed by atoms with Crippen molar-refractivity contribution in [3.63, 3.8) is 0 Å². The summed E-state index contributed by atoms with van der Waals surface area (Å²) < 4.78 is 13.9. The minimum absolute atomic E-state index is 0.00168. The molecule has 0 N–H and O–H groups in total. The van der Waals surface area contributed by atoms with Crippen LogP contribution in [0.2, 0.25) is 0 Å². The van der Waals surface area contributed by atoms with Crippen LogP contribution in [-0.2, 0) is 4.79 Å². The number of piperidine rings is 1. The molecule has 6 heteroatoms. The minimum atomic E-state index is -0.596. The van der Waals surface area contributed by atoms with Gasteiger partial charge in [-0.3, -0.25) is 4.79 Å². The number of ether oxygens (including phenoxy) is 2. The Morgan fingerprint density at radius 2 is 2.04 bits per heavy atom. The number of carbonyl (C=O) groups excluding carboxylic acids is 1. The van der Waals surface area contributed by atoms with Gasteiger partial charge in [-0.25, -0.2) is 4.98 Å². The number of para-hydroxylation sites is 2. The molecule has 2 aliphatic rings. The molecule has 1 fully saturated rings. The van der Waals surface area contributed by atoms with Crippen molar-refractivity contribution in [2.24, 2.45) is 0 Å². The molecule has 24 heavy (non-hydrogen) atoms. The Morgan fingerprint density at radius 3 is 2.79 bits per heavy atom. The van der Waals surface area contributed by atoms with E-state index in [1.807, 2.05) is 48.6 Å². The Hall–Kier alpha value is -2.50. The van der Waals surface area contributed by atoms with Crippen LogP contribution in [0.5, 0.6) is 11.5 Å². The number of hydrogen-bond acceptors (Lipinski definition) is 4. The minimum Gasteiger partial charge on any atom is -0.482 e. The molecule has 2 aromatic rings. The summed E-state index contributed by atoms with van der Waals surface area (Å²) in [5, 5.41) is 0. The zero-order valence-corrected chi connectivity index (χ0v) is 13.7. The van der Waals surface area contributed by atoms with Gasteiger partial charge in [0, 0.05) is 25.5 Å². The van der Waals surface area contributed by atoms with E-state index in [4.69, 9.17) is 9.47 Å². The number of fused-ring (bicyclic) bond motifs is 1. The number of hydrogen-bond donors (Lipinski definition) is 0. The molecular weight excluding hydrogens is 306 g/mol. The van der Waals surface area contributed by atoms with Gasteiger partial charge in [0.15, 0.2) is 11.5 Å². The lowest BCUT2D eigenvalue weighted by atomic mass is 10.0. The summed E-state index contributed by atoms with van der Waals surface area (Å²) in [5.41, 5.74) is 0. The quantitative estimate of drug-likeness (QED) is 0.849. The van der Waals surface area contributed by atoms with Crippen LogP contribution in [0.25, 0.3) is 0 Å². The normalized spacial score (nSPS) is 26.2. The molecule has 3 atom stereocenters. The molecule has 126 valence electrons. The Kier molecular flexibility index (Phi) is 3.88. The van der Waals surface area contributed by atoms with Crippen LogP contribution in [0.3, 0.4) is 0 Å². The number of carbonyl (C=O) groups is 1. The van der Waals surface area contributed by atoms with Gasteiger partial charge in [0.1, 0.15) is 6.10 Å². The van der Waals surface area contributed by atoms with E-state index in [2.05, 4.69) is 9.55 Å². The largest absolute Gasteiger partial charge is 0.482 e. The molecule has 2 aliphatic heterocycles. The van der Waals surface area contributed by atoms with Crippen molar-refractivity contribution in [2.75, 3.05) is 13.1 Å². The Labute approximate surface area is 141 Å². The van der Waals surface area contributed by atoms with E-state index >= 15 is 0 Å². The van der Waals surface area contributed by atoms with Gasteiger partial charge in [0.25, 0.3) is 5.91 Å². The molecular formula is C18H21N3O3. The SMILES string of the molecule is CC1Oc2ccccc2OC1C(=O)N1CCCC(n2ccnc2)C1. The first-order chi connectivity index (χ1) is 11.7. The van der Waals surface area contributed by atoms with Gasteiger partial charge >= 0.3 is 0 Å². The van der Waals surface area contributed by atoms with Gasteiger partial charge < -0.3 is 18.9 Å². The number of imidazole rings is 1. The summed E-state index contributed by atoms with van der Waals surface area (Å²) in [5.74, 6) is 1.34. The smallest absolute Gasteiger partial charge is 0.267 e. The highest BCUT2D eigenvalue weighted by Gasteiger charge is 2.38. The molecule has 1 aromatic carbocycles. The number of amides is 1. The summed E-state index contributed by atoms with van der Waals surface area (Å²) in [6.07, 6.45) is 6.68. The summed E-state index contributed by atoms with van der Waals surface area (Å²) in [6.45, 7) is 3.33. The summed E-state index contributed by atoms with van der Waals surface area (Å²) in [6, 6.07) is 7.76. The van der Waals surface area contributed by atoms with E-state index in [0.717, 1.165) is 19.4 Å². The molecule has 0 aliphatic carbocycles. The van der Waals surface area contributed by atoms with Crippen LogP contribution >= 0.6 is 0 Å². The monoisotopic (exact) mass is 327 g/mol. The fourth-order valence-electron chi connectivity index (χ4n) is 3.45. The number of aromatic nitrogens is 2. The molecule has 0 radical (unpaired) electrons. The molecule has 1 amide bonds. The summed E-state index contributed by atoms with van der Waals surface area (Å²) >= 11 is 0. The lowest BCUT2D eigenvalue weighted by Gasteiger charge is -2.38. The number of benzene rings is 1. The van der Waals surface area contributed by atoms with Crippen molar-refractivity contribution in [3.05, 3.63) is 43.0 Å². The van der Waals surface area contributed by atoms with Gasteiger partial charge in [-0.15, -0.1) is 0 Å². The third-order valence-corrected chi connectivity index (χ3v) is 4.74. The van der Waals surface area contributed by atoms with Crippen molar-refractivity contribution in [3.8, 4) is 11.5 Å². The van der Waals surface area contributed by atoms with E-state index in [-0.39, 0.29) is 18.1 Å². The highest BCUT2D eigenvalue weighted by atomic mass is 16.6. The standard InChI is InChI=1S/C18H21N3O3/c1-13-17(24-16-7-3-2-6-15(16)23-13)18(22)20-9-4-5-14(11-20)21-10-8-19-12-21/h2-3,6-8,10,12-14,17H,4-5,9,11H2,1H3. The molecule has 0 saturated carbocycles. The number of nitrogens with zero attached hydrogens (tertiary/aromatic N) is 3. The van der Waals surface area contributed by atoms with E-state index in [1.165, 1.54) is 0 Å². The van der Waals surface area contributed by atoms with Gasteiger partial charge in [-0.05, 0) is 31.9 Å². The third kappa shape index (κ3) is 2.72. The second-order valence-corrected chi connectivity index (χ2v) is 6.40. The van der Waals surface area contributed by atoms with Gasteiger partial charge in [-0.2, -0.15) is 0 Å². The molecule has 4 rings (SSSR count). The van der Waals surface area contributed by atoms with Crippen molar-refractivity contribution in [2.45, 2.75) is 38.0 Å². The topological polar surface area (TPSA) is 56.6 Å². The molecule has 3 heterocycles. The average molecular weight is 327 g/mol. The zero-order chi connectivity index (χ0) is 16.5. The maximum Gasteiger partial charge on any atom is 0.267 e. The van der Waals surface area contributed by atoms with Gasteiger partial charge in [0.05, 0.1) is 12.4 Å². The van der Waals surface area contributed by atoms with Crippen molar-refractivity contribution in [1.82, 2.24) is 14.5 Å². The second kappa shape index (κ2) is 6.19. The fourth-order valence-corrected chi connectivity index (χ4v) is 3.45. The number of rotatable bonds is 2. The highest BCUT2D eigenvalue weighted by molar-refractivity contribution is 5.82. The number of likely N-dealkylation sites (tertiary alicyclic amines) is 1. The van der Waals surface area contributed by atoms with Crippen LogP contribution in [0, 0.1) is 0 Å². The van der Waals surface area contributed by atoms with E-state index in [9.17, 15) is 4.79 Å². The fraction of sp³-hybridized carbons (Fsp3) is 0.444. The maximum absolute atomic E-state index is 13.0. The van der Waals surface area contributed by atoms with Gasteiger partial charge in [0.2, 0.25) is 6.10 Å². The first-order valence-electron chi connectivity index (χ1n) is 8.41. The Bertz CT molecular complexity index is 716. The highest BCUT2D eigenvalue weighted by Crippen LogP contribution is 2.34. The van der Waals surface area contributed by atoms with Gasteiger partial charge in [-0.1, -0.05) is 12.1 Å². The van der Waals surface area contributed by atoms with Crippen LogP contribution in [-0.4, -0.2) is 45.7 Å². The van der Waals surface area contributed by atoms with Crippen LogP contribution in [0.4, 0.5) is 0 Å². The predicted octanol–water partition coefficient (Wildman–Crippen LogP) is 2.28. The average Bonchev–Trinajstić information content (AvgIpc) is 3.15. The van der Waals surface area contributed by atoms with Crippen LogP contribution in [0.1, 0.15) is 25.8 Å². The molecule has 1 saturated heterocycles. The van der Waals surface area contributed by atoms with Crippen LogP contribution < -0.4 is 9.47 Å². The van der Waals surface area contributed by atoms with Crippen molar-refractivity contribution >= 4 is 5.91 Å².